The highest BCUT2D eigenvalue weighted by Gasteiger charge is 2.14. The number of hydrazine groups is 1. The minimum Gasteiger partial charge on any atom is -0.271 e. The molecule has 2 nitrogen and oxygen atoms in total. The van der Waals surface area contributed by atoms with Gasteiger partial charge in [-0.1, -0.05) is 23.8 Å². The van der Waals surface area contributed by atoms with E-state index in [0.29, 0.717) is 0 Å². The van der Waals surface area contributed by atoms with E-state index in [1.54, 1.807) is 6.08 Å². The molecule has 0 amide bonds. The third-order valence-corrected chi connectivity index (χ3v) is 2.00. The quantitative estimate of drug-likeness (QED) is 0.459. The molecule has 0 saturated carbocycles. The zero-order valence-electron chi connectivity index (χ0n) is 8.72. The molecule has 15 heavy (non-hydrogen) atoms. The van der Waals surface area contributed by atoms with Crippen molar-refractivity contribution in [1.82, 2.24) is 5.43 Å². The Hall–Kier alpha value is -1.26. The minimum atomic E-state index is -0.866. The third kappa shape index (κ3) is 2.84. The van der Waals surface area contributed by atoms with Gasteiger partial charge < -0.3 is 0 Å². The van der Waals surface area contributed by atoms with E-state index in [9.17, 15) is 8.78 Å². The van der Waals surface area contributed by atoms with Crippen molar-refractivity contribution in [1.29, 1.82) is 0 Å². The first kappa shape index (κ1) is 11.8. The summed E-state index contributed by atoms with van der Waals surface area (Å²) in [5.41, 5.74) is 3.62. The summed E-state index contributed by atoms with van der Waals surface area (Å²) in [6.07, 6.45) is 1.73. The van der Waals surface area contributed by atoms with Gasteiger partial charge in [-0.3, -0.25) is 5.84 Å². The fourth-order valence-electron chi connectivity index (χ4n) is 1.32. The number of nitrogens with one attached hydrogen (secondary N) is 1. The maximum atomic E-state index is 13.4. The highest BCUT2D eigenvalue weighted by molar-refractivity contribution is 5.26. The molecule has 82 valence electrons. The lowest BCUT2D eigenvalue weighted by atomic mass is 10.0. The van der Waals surface area contributed by atoms with Crippen LogP contribution in [0.1, 0.15) is 25.5 Å². The number of allylic oxidation sites excluding steroid dienone is 1. The number of nitrogens with two attached hydrogens (primary N) is 1. The van der Waals surface area contributed by atoms with Crippen molar-refractivity contribution >= 4 is 0 Å². The second-order valence-corrected chi connectivity index (χ2v) is 3.53. The van der Waals surface area contributed by atoms with Crippen molar-refractivity contribution < 1.29 is 8.78 Å². The Labute approximate surface area is 87.8 Å². The molecule has 0 radical (unpaired) electrons. The van der Waals surface area contributed by atoms with Gasteiger partial charge in [0.05, 0.1) is 6.04 Å². The predicted octanol–water partition coefficient (Wildman–Crippen LogP) is 2.44. The van der Waals surface area contributed by atoms with E-state index in [-0.39, 0.29) is 5.56 Å². The van der Waals surface area contributed by atoms with Crippen LogP contribution in [0.4, 0.5) is 8.78 Å². The monoisotopic (exact) mass is 212 g/mol. The number of benzene rings is 1. The average Bonchev–Trinajstić information content (AvgIpc) is 2.19. The van der Waals surface area contributed by atoms with Crippen LogP contribution in [0.25, 0.3) is 0 Å². The number of hydrogen-bond donors (Lipinski definition) is 2. The standard InChI is InChI=1S/C11H14F2N2/c1-7(2)6-10(15-14)8-4-3-5-9(12)11(8)13/h3-6,10,15H,14H2,1-2H3. The van der Waals surface area contributed by atoms with Gasteiger partial charge in [-0.15, -0.1) is 0 Å². The van der Waals surface area contributed by atoms with Crippen LogP contribution in [0, 0.1) is 11.6 Å². The van der Waals surface area contributed by atoms with Gasteiger partial charge in [0, 0.05) is 5.56 Å². The number of halogens is 2. The lowest BCUT2D eigenvalue weighted by Crippen LogP contribution is -2.27. The molecule has 0 aliphatic carbocycles. The van der Waals surface area contributed by atoms with Crippen molar-refractivity contribution in [2.45, 2.75) is 19.9 Å². The van der Waals surface area contributed by atoms with Crippen molar-refractivity contribution in [2.24, 2.45) is 5.84 Å². The Bertz CT molecular complexity index is 371. The summed E-state index contributed by atoms with van der Waals surface area (Å²) in [7, 11) is 0. The fourth-order valence-corrected chi connectivity index (χ4v) is 1.32. The van der Waals surface area contributed by atoms with Gasteiger partial charge in [-0.2, -0.15) is 0 Å². The van der Waals surface area contributed by atoms with E-state index in [4.69, 9.17) is 5.84 Å². The Kier molecular flexibility index (Phi) is 3.94. The van der Waals surface area contributed by atoms with Crippen LogP contribution in [0.5, 0.6) is 0 Å². The van der Waals surface area contributed by atoms with Crippen molar-refractivity contribution in [2.75, 3.05) is 0 Å². The molecular weight excluding hydrogens is 198 g/mol. The molecule has 0 fully saturated rings. The maximum Gasteiger partial charge on any atom is 0.163 e. The Morgan fingerprint density at radius 3 is 2.60 bits per heavy atom. The first-order valence-electron chi connectivity index (χ1n) is 4.61. The molecule has 0 aliphatic rings. The van der Waals surface area contributed by atoms with Gasteiger partial charge in [0.25, 0.3) is 0 Å². The molecule has 0 aromatic heterocycles. The molecular formula is C11H14F2N2. The van der Waals surface area contributed by atoms with Gasteiger partial charge in [-0.05, 0) is 19.9 Å². The molecule has 1 aromatic rings. The molecule has 0 saturated heterocycles. The molecule has 1 rings (SSSR count). The van der Waals surface area contributed by atoms with Gasteiger partial charge in [0.2, 0.25) is 0 Å². The molecule has 0 spiro atoms. The highest BCUT2D eigenvalue weighted by Crippen LogP contribution is 2.20. The lowest BCUT2D eigenvalue weighted by Gasteiger charge is -2.13. The zero-order valence-corrected chi connectivity index (χ0v) is 8.72. The lowest BCUT2D eigenvalue weighted by molar-refractivity contribution is 0.485. The molecule has 0 aliphatic heterocycles. The van der Waals surface area contributed by atoms with Crippen LogP contribution in [0.2, 0.25) is 0 Å². The third-order valence-electron chi connectivity index (χ3n) is 2.00. The summed E-state index contributed by atoms with van der Waals surface area (Å²) in [5, 5.41) is 0. The Morgan fingerprint density at radius 2 is 2.07 bits per heavy atom. The van der Waals surface area contributed by atoms with E-state index in [2.05, 4.69) is 5.43 Å². The molecule has 3 N–H and O–H groups in total. The summed E-state index contributed by atoms with van der Waals surface area (Å²) < 4.78 is 26.3. The second-order valence-electron chi connectivity index (χ2n) is 3.53. The summed E-state index contributed by atoms with van der Waals surface area (Å²) in [5.74, 6) is 3.56. The SMILES string of the molecule is CC(C)=CC(NN)c1cccc(F)c1F. The van der Waals surface area contributed by atoms with E-state index < -0.39 is 17.7 Å². The van der Waals surface area contributed by atoms with E-state index in [1.165, 1.54) is 12.1 Å². The Balaban J connectivity index is 3.13. The molecule has 1 atom stereocenters. The topological polar surface area (TPSA) is 38.0 Å². The van der Waals surface area contributed by atoms with E-state index >= 15 is 0 Å². The van der Waals surface area contributed by atoms with Crippen LogP contribution in [0.15, 0.2) is 29.8 Å². The van der Waals surface area contributed by atoms with Crippen LogP contribution in [-0.4, -0.2) is 0 Å². The van der Waals surface area contributed by atoms with Crippen LogP contribution in [0.3, 0.4) is 0 Å². The van der Waals surface area contributed by atoms with Gasteiger partial charge >= 0.3 is 0 Å². The number of rotatable bonds is 3. The van der Waals surface area contributed by atoms with Gasteiger partial charge in [0.1, 0.15) is 0 Å². The number of hydrogen-bond acceptors (Lipinski definition) is 2. The summed E-state index contributed by atoms with van der Waals surface area (Å²) >= 11 is 0. The average molecular weight is 212 g/mol. The summed E-state index contributed by atoms with van der Waals surface area (Å²) in [6.45, 7) is 3.73. The summed E-state index contributed by atoms with van der Waals surface area (Å²) in [4.78, 5) is 0. The maximum absolute atomic E-state index is 13.4. The van der Waals surface area contributed by atoms with Gasteiger partial charge in [-0.25, -0.2) is 14.2 Å². The molecule has 4 heteroatoms. The summed E-state index contributed by atoms with van der Waals surface area (Å²) in [6, 6.07) is 3.53. The largest absolute Gasteiger partial charge is 0.271 e. The van der Waals surface area contributed by atoms with E-state index in [1.807, 2.05) is 13.8 Å². The van der Waals surface area contributed by atoms with Crippen molar-refractivity contribution in [3.8, 4) is 0 Å². The molecule has 0 bridgehead atoms. The Morgan fingerprint density at radius 1 is 1.40 bits per heavy atom. The molecule has 1 aromatic carbocycles. The van der Waals surface area contributed by atoms with Crippen molar-refractivity contribution in [3.63, 3.8) is 0 Å². The first-order valence-corrected chi connectivity index (χ1v) is 4.61. The zero-order chi connectivity index (χ0) is 11.4. The minimum absolute atomic E-state index is 0.207. The van der Waals surface area contributed by atoms with Gasteiger partial charge in [0.15, 0.2) is 11.6 Å². The van der Waals surface area contributed by atoms with Crippen LogP contribution < -0.4 is 11.3 Å². The normalized spacial score (nSPS) is 12.3. The smallest absolute Gasteiger partial charge is 0.163 e. The van der Waals surface area contributed by atoms with Crippen LogP contribution >= 0.6 is 0 Å². The fraction of sp³-hybridized carbons (Fsp3) is 0.273. The van der Waals surface area contributed by atoms with Crippen molar-refractivity contribution in [3.05, 3.63) is 47.0 Å². The molecule has 0 heterocycles. The van der Waals surface area contributed by atoms with Crippen LogP contribution in [-0.2, 0) is 0 Å². The first-order chi connectivity index (χ1) is 7.06. The highest BCUT2D eigenvalue weighted by atomic mass is 19.2. The molecule has 1 unspecified atom stereocenters. The van der Waals surface area contributed by atoms with E-state index in [0.717, 1.165) is 11.6 Å². The predicted molar refractivity (Wildman–Crippen MR) is 55.9 cm³/mol. The second kappa shape index (κ2) is 5.00.